The minimum atomic E-state index is -0.270. The van der Waals surface area contributed by atoms with Crippen LogP contribution in [0.25, 0.3) is 10.8 Å². The number of nitrogens with one attached hydrogen (secondary N) is 1. The van der Waals surface area contributed by atoms with Gasteiger partial charge in [0.2, 0.25) is 0 Å². The first-order valence-electron chi connectivity index (χ1n) is 3.83. The van der Waals surface area contributed by atoms with Crippen molar-refractivity contribution in [3.63, 3.8) is 0 Å². The lowest BCUT2D eigenvalue weighted by molar-refractivity contribution is 1.28. The minimum absolute atomic E-state index is 0.270. The second kappa shape index (κ2) is 2.23. The molecule has 0 bridgehead atoms. The van der Waals surface area contributed by atoms with Gasteiger partial charge in [-0.05, 0) is 17.5 Å². The smallest absolute Gasteiger partial charge is 0.255 e. The van der Waals surface area contributed by atoms with E-state index in [0.29, 0.717) is 5.39 Å². The highest BCUT2D eigenvalue weighted by Crippen LogP contribution is 2.05. The van der Waals surface area contributed by atoms with Gasteiger partial charge in [0.1, 0.15) is 0 Å². The van der Waals surface area contributed by atoms with Gasteiger partial charge in [0.05, 0.1) is 0 Å². The Morgan fingerprint density at radius 1 is 1.27 bits per heavy atom. The fourth-order valence-corrected chi connectivity index (χ4v) is 1.09. The van der Waals surface area contributed by atoms with Crippen molar-refractivity contribution in [2.45, 2.75) is 0 Å². The molecular weight excluding hydrogens is 138 g/mol. The molecule has 2 rings (SSSR count). The molecule has 1 heterocycles. The van der Waals surface area contributed by atoms with Crippen molar-refractivity contribution in [3.05, 3.63) is 46.9 Å². The first-order valence-corrected chi connectivity index (χ1v) is 3.39. The molecule has 1 aromatic carbocycles. The zero-order valence-electron chi connectivity index (χ0n) is 6.82. The average Bonchev–Trinajstić information content (AvgIpc) is 2.12. The van der Waals surface area contributed by atoms with Gasteiger partial charge >= 0.3 is 0 Å². The van der Waals surface area contributed by atoms with Crippen molar-refractivity contribution in [1.82, 2.24) is 4.98 Å². The van der Waals surface area contributed by atoms with E-state index in [2.05, 4.69) is 0 Å². The Balaban J connectivity index is 3.01. The third-order valence-electron chi connectivity index (χ3n) is 1.64. The predicted molar refractivity (Wildman–Crippen MR) is 44.6 cm³/mol. The Morgan fingerprint density at radius 3 is 3.00 bits per heavy atom. The minimum Gasteiger partial charge on any atom is -0.329 e. The number of rotatable bonds is 0. The van der Waals surface area contributed by atoms with E-state index in [4.69, 9.17) is 1.41 Å². The first kappa shape index (κ1) is 5.13. The fraction of sp³-hybridized carbons (Fsp3) is 0. The molecule has 2 nitrogen and oxygen atoms in total. The van der Waals surface area contributed by atoms with Crippen LogP contribution in [0.4, 0.5) is 0 Å². The lowest BCUT2D eigenvalue weighted by Gasteiger charge is -1.92. The van der Waals surface area contributed by atoms with Gasteiger partial charge in [-0.2, -0.15) is 0 Å². The van der Waals surface area contributed by atoms with E-state index in [1.807, 2.05) is 12.1 Å². The largest absolute Gasteiger partial charge is 0.329 e. The molecule has 1 N–H and O–H groups in total. The van der Waals surface area contributed by atoms with E-state index in [1.165, 1.54) is 6.20 Å². The zero-order chi connectivity index (χ0) is 8.55. The fourth-order valence-electron chi connectivity index (χ4n) is 1.09. The van der Waals surface area contributed by atoms with Crippen LogP contribution in [-0.4, -0.2) is 4.98 Å². The Morgan fingerprint density at radius 2 is 2.09 bits per heavy atom. The van der Waals surface area contributed by atoms with E-state index >= 15 is 0 Å². The summed E-state index contributed by atoms with van der Waals surface area (Å²) in [7, 11) is 0. The van der Waals surface area contributed by atoms with Crippen LogP contribution in [0.1, 0.15) is 0 Å². The molecule has 54 valence electrons. The summed E-state index contributed by atoms with van der Waals surface area (Å²) in [5, 5.41) is 1.47. The van der Waals surface area contributed by atoms with Gasteiger partial charge < -0.3 is 4.98 Å². The molecule has 0 aliphatic heterocycles. The van der Waals surface area contributed by atoms with Crippen molar-refractivity contribution in [2.75, 3.05) is 0 Å². The zero-order valence-corrected chi connectivity index (χ0v) is 5.82. The van der Waals surface area contributed by atoms with Gasteiger partial charge in [-0.15, -0.1) is 0 Å². The molecule has 0 saturated heterocycles. The third-order valence-corrected chi connectivity index (χ3v) is 1.64. The number of aromatic amines is 1. The Bertz CT molecular complexity index is 475. The number of hydrogen-bond acceptors (Lipinski definition) is 1. The highest BCUT2D eigenvalue weighted by atomic mass is 16.1. The summed E-state index contributed by atoms with van der Waals surface area (Å²) in [5.41, 5.74) is -0.270. The summed E-state index contributed by atoms with van der Waals surface area (Å²) in [4.78, 5) is 12.1. The molecule has 0 aliphatic rings. The number of fused-ring (bicyclic) bond motifs is 1. The third kappa shape index (κ3) is 0.923. The molecule has 0 radical (unpaired) electrons. The predicted octanol–water partition coefficient (Wildman–Crippen LogP) is 1.53. The Labute approximate surface area is 65.0 Å². The maximum atomic E-state index is 11.3. The molecular formula is C9H7NO. The first-order chi connectivity index (χ1) is 5.79. The number of hydrogen-bond donors (Lipinski definition) is 1. The average molecular weight is 146 g/mol. The maximum Gasteiger partial charge on any atom is 0.255 e. The van der Waals surface area contributed by atoms with Crippen molar-refractivity contribution < 1.29 is 1.41 Å². The van der Waals surface area contributed by atoms with Crippen molar-refractivity contribution >= 4 is 10.8 Å². The van der Waals surface area contributed by atoms with Gasteiger partial charge in [-0.3, -0.25) is 4.79 Å². The van der Waals surface area contributed by atoms with E-state index in [9.17, 15) is 4.79 Å². The molecule has 0 unspecified atom stereocenters. The van der Waals surface area contributed by atoms with Crippen LogP contribution >= 0.6 is 0 Å². The lowest BCUT2D eigenvalue weighted by atomic mass is 10.2. The highest BCUT2D eigenvalue weighted by molar-refractivity contribution is 5.80. The van der Waals surface area contributed by atoms with Crippen LogP contribution in [0.3, 0.4) is 0 Å². The van der Waals surface area contributed by atoms with Gasteiger partial charge in [0, 0.05) is 11.6 Å². The number of benzene rings is 1. The molecule has 2 aromatic rings. The standard InChI is InChI=1S/C9H7NO/c11-9-8-4-2-1-3-7(8)5-6-10-9/h1-6H,(H,10,11)/i/hD. The van der Waals surface area contributed by atoms with E-state index < -0.39 is 0 Å². The summed E-state index contributed by atoms with van der Waals surface area (Å²) in [5.74, 6) is 0. The monoisotopic (exact) mass is 146 g/mol. The quantitative estimate of drug-likeness (QED) is 0.600. The summed E-state index contributed by atoms with van der Waals surface area (Å²) < 4.78 is 7.21. The topological polar surface area (TPSA) is 32.9 Å². The number of pyridine rings is 1. The molecule has 1 aromatic heterocycles. The Kier molecular flexibility index (Phi) is 1.04. The highest BCUT2D eigenvalue weighted by Gasteiger charge is 1.92. The summed E-state index contributed by atoms with van der Waals surface area (Å²) in [6.45, 7) is 0. The van der Waals surface area contributed by atoms with Crippen LogP contribution in [0.15, 0.2) is 41.3 Å². The summed E-state index contributed by atoms with van der Waals surface area (Å²) >= 11 is 0. The second-order valence-electron chi connectivity index (χ2n) is 2.34. The molecule has 0 fully saturated rings. The number of H-pyrrole nitrogens is 1. The van der Waals surface area contributed by atoms with Gasteiger partial charge in [0.25, 0.3) is 5.56 Å². The normalized spacial score (nSPS) is 11.5. The maximum absolute atomic E-state index is 11.3. The van der Waals surface area contributed by atoms with Crippen LogP contribution in [0.5, 0.6) is 0 Å². The second-order valence-corrected chi connectivity index (χ2v) is 2.34. The molecule has 0 aliphatic carbocycles. The number of aromatic nitrogens is 1. The summed E-state index contributed by atoms with van der Waals surface area (Å²) in [6.07, 6.45) is 1.45. The van der Waals surface area contributed by atoms with Gasteiger partial charge in [0.15, 0.2) is 1.41 Å². The van der Waals surface area contributed by atoms with Crippen LogP contribution in [0.2, 0.25) is 1.41 Å². The van der Waals surface area contributed by atoms with Crippen LogP contribution < -0.4 is 5.56 Å². The van der Waals surface area contributed by atoms with Crippen molar-refractivity contribution in [3.8, 4) is 0 Å². The summed E-state index contributed by atoms with van der Waals surface area (Å²) in [6, 6.07) is 9.00. The van der Waals surface area contributed by atoms with Gasteiger partial charge in [-0.25, -0.2) is 0 Å². The SMILES string of the molecule is [2H]n1ccc2ccccc2c1=O. The van der Waals surface area contributed by atoms with E-state index in [0.717, 1.165) is 10.4 Å². The van der Waals surface area contributed by atoms with E-state index in [1.54, 1.807) is 18.2 Å². The van der Waals surface area contributed by atoms with Crippen molar-refractivity contribution in [2.24, 2.45) is 0 Å². The lowest BCUT2D eigenvalue weighted by Crippen LogP contribution is -2.03. The van der Waals surface area contributed by atoms with Crippen LogP contribution in [0, 0.1) is 0 Å². The van der Waals surface area contributed by atoms with Crippen molar-refractivity contribution in [1.29, 1.82) is 0 Å². The molecule has 0 amide bonds. The molecule has 2 heteroatoms. The molecule has 11 heavy (non-hydrogen) atoms. The molecule has 0 spiro atoms. The van der Waals surface area contributed by atoms with Crippen LogP contribution in [-0.2, 0) is 0 Å². The molecule has 0 saturated carbocycles. The Hall–Kier alpha value is -1.57. The van der Waals surface area contributed by atoms with E-state index in [-0.39, 0.29) is 5.56 Å². The van der Waals surface area contributed by atoms with Gasteiger partial charge in [-0.1, -0.05) is 18.2 Å². The molecule has 0 atom stereocenters.